The number of pyridine rings is 1. The van der Waals surface area contributed by atoms with E-state index in [1.165, 1.54) is 36.2 Å². The number of rotatable bonds is 6. The van der Waals surface area contributed by atoms with Crippen LogP contribution in [0.4, 0.5) is 5.69 Å². The first-order chi connectivity index (χ1) is 9.92. The molecule has 0 bridgehead atoms. The van der Waals surface area contributed by atoms with Crippen molar-refractivity contribution in [3.05, 3.63) is 40.7 Å². The van der Waals surface area contributed by atoms with Crippen molar-refractivity contribution < 1.29 is 13.2 Å². The number of anilines is 1. The highest BCUT2D eigenvalue weighted by molar-refractivity contribution is 7.92. The van der Waals surface area contributed by atoms with Crippen LogP contribution in [0.1, 0.15) is 5.82 Å². The van der Waals surface area contributed by atoms with E-state index in [2.05, 4.69) is 14.7 Å². The molecule has 2 rings (SSSR count). The van der Waals surface area contributed by atoms with E-state index < -0.39 is 10.0 Å². The van der Waals surface area contributed by atoms with Gasteiger partial charge in [-0.3, -0.25) is 9.52 Å². The Morgan fingerprint density at radius 1 is 1.43 bits per heavy atom. The SMILES string of the molecule is COCCn1cc(NS(=O)(=O)c2cnc(C)[nH]2)ccc1=O. The number of aromatic nitrogens is 3. The molecule has 0 amide bonds. The standard InChI is InChI=1S/C12H16N4O4S/c1-9-13-7-11(14-9)21(18,19)15-10-3-4-12(17)16(8-10)5-6-20-2/h3-4,7-8,15H,5-6H2,1-2H3,(H,13,14). The molecule has 2 aromatic heterocycles. The van der Waals surface area contributed by atoms with Crippen LogP contribution in [0.5, 0.6) is 0 Å². The minimum absolute atomic E-state index is 0.0327. The van der Waals surface area contributed by atoms with Gasteiger partial charge in [-0.05, 0) is 13.0 Å². The van der Waals surface area contributed by atoms with Gasteiger partial charge in [0, 0.05) is 25.9 Å². The summed E-state index contributed by atoms with van der Waals surface area (Å²) in [5.41, 5.74) is 0.0605. The molecule has 0 fully saturated rings. The topological polar surface area (TPSA) is 106 Å². The number of hydrogen-bond donors (Lipinski definition) is 2. The van der Waals surface area contributed by atoms with Gasteiger partial charge >= 0.3 is 0 Å². The normalized spacial score (nSPS) is 11.5. The molecule has 8 nitrogen and oxygen atoms in total. The van der Waals surface area contributed by atoms with Crippen molar-refractivity contribution in [1.82, 2.24) is 14.5 Å². The Labute approximate surface area is 121 Å². The van der Waals surface area contributed by atoms with Gasteiger partial charge in [-0.2, -0.15) is 8.42 Å². The third-order valence-electron chi connectivity index (χ3n) is 2.74. The summed E-state index contributed by atoms with van der Waals surface area (Å²) < 4.78 is 32.9. The van der Waals surface area contributed by atoms with Crippen LogP contribution in [0.25, 0.3) is 0 Å². The number of aromatic amines is 1. The highest BCUT2D eigenvalue weighted by Crippen LogP contribution is 2.12. The van der Waals surface area contributed by atoms with Crippen LogP contribution in [-0.2, 0) is 21.3 Å². The molecule has 21 heavy (non-hydrogen) atoms. The molecule has 0 unspecified atom stereocenters. The zero-order valence-corrected chi connectivity index (χ0v) is 12.5. The lowest BCUT2D eigenvalue weighted by molar-refractivity contribution is 0.186. The quantitative estimate of drug-likeness (QED) is 0.799. The maximum Gasteiger partial charge on any atom is 0.279 e. The van der Waals surface area contributed by atoms with Crippen LogP contribution in [0.15, 0.2) is 34.3 Å². The number of nitrogens with one attached hydrogen (secondary N) is 2. The van der Waals surface area contributed by atoms with Crippen LogP contribution < -0.4 is 10.3 Å². The molecular formula is C12H16N4O4S. The van der Waals surface area contributed by atoms with Crippen molar-refractivity contribution in [2.24, 2.45) is 0 Å². The van der Waals surface area contributed by atoms with E-state index in [-0.39, 0.29) is 16.3 Å². The zero-order chi connectivity index (χ0) is 15.5. The Bertz CT molecular complexity index is 779. The third-order valence-corrected chi connectivity index (χ3v) is 4.03. The summed E-state index contributed by atoms with van der Waals surface area (Å²) in [5, 5.41) is -0.0327. The number of imidazole rings is 1. The first kappa shape index (κ1) is 15.3. The van der Waals surface area contributed by atoms with Crippen molar-refractivity contribution in [2.75, 3.05) is 18.4 Å². The maximum absolute atomic E-state index is 12.1. The Morgan fingerprint density at radius 3 is 2.81 bits per heavy atom. The minimum atomic E-state index is -3.76. The van der Waals surface area contributed by atoms with Crippen molar-refractivity contribution in [3.8, 4) is 0 Å². The van der Waals surface area contributed by atoms with Crippen molar-refractivity contribution in [3.63, 3.8) is 0 Å². The van der Waals surface area contributed by atoms with Gasteiger partial charge < -0.3 is 14.3 Å². The summed E-state index contributed by atoms with van der Waals surface area (Å²) in [6.45, 7) is 2.36. The number of methoxy groups -OCH3 is 1. The first-order valence-electron chi connectivity index (χ1n) is 6.16. The number of H-pyrrole nitrogens is 1. The zero-order valence-electron chi connectivity index (χ0n) is 11.7. The van der Waals surface area contributed by atoms with E-state index >= 15 is 0 Å². The van der Waals surface area contributed by atoms with Crippen LogP contribution in [0.3, 0.4) is 0 Å². The number of hydrogen-bond acceptors (Lipinski definition) is 5. The molecule has 114 valence electrons. The number of aryl methyl sites for hydroxylation is 1. The number of ether oxygens (including phenoxy) is 1. The molecule has 0 spiro atoms. The molecule has 9 heteroatoms. The Kier molecular flexibility index (Phi) is 4.43. The molecule has 2 aromatic rings. The van der Waals surface area contributed by atoms with Crippen LogP contribution >= 0.6 is 0 Å². The second kappa shape index (κ2) is 6.10. The summed E-state index contributed by atoms with van der Waals surface area (Å²) in [4.78, 5) is 18.1. The number of nitrogens with zero attached hydrogens (tertiary/aromatic N) is 2. The maximum atomic E-state index is 12.1. The van der Waals surface area contributed by atoms with Crippen LogP contribution in [0, 0.1) is 6.92 Å². The second-order valence-corrected chi connectivity index (χ2v) is 6.03. The summed E-state index contributed by atoms with van der Waals surface area (Å²) >= 11 is 0. The predicted molar refractivity (Wildman–Crippen MR) is 76.7 cm³/mol. The third kappa shape index (κ3) is 3.70. The average molecular weight is 312 g/mol. The van der Waals surface area contributed by atoms with Crippen molar-refractivity contribution in [2.45, 2.75) is 18.5 Å². The summed E-state index contributed by atoms with van der Waals surface area (Å²) in [5.74, 6) is 0.500. The van der Waals surface area contributed by atoms with Crippen molar-refractivity contribution >= 4 is 15.7 Å². The van der Waals surface area contributed by atoms with Crippen LogP contribution in [-0.4, -0.2) is 36.7 Å². The summed E-state index contributed by atoms with van der Waals surface area (Å²) in [6.07, 6.45) is 2.67. The van der Waals surface area contributed by atoms with Crippen LogP contribution in [0.2, 0.25) is 0 Å². The van der Waals surface area contributed by atoms with E-state index in [0.29, 0.717) is 19.0 Å². The Morgan fingerprint density at radius 2 is 2.19 bits per heavy atom. The Balaban J connectivity index is 2.25. The van der Waals surface area contributed by atoms with E-state index in [9.17, 15) is 13.2 Å². The lowest BCUT2D eigenvalue weighted by Crippen LogP contribution is -2.22. The fraction of sp³-hybridized carbons (Fsp3) is 0.333. The summed E-state index contributed by atoms with van der Waals surface area (Å²) in [7, 11) is -2.23. The van der Waals surface area contributed by atoms with E-state index in [0.717, 1.165) is 0 Å². The van der Waals surface area contributed by atoms with Gasteiger partial charge in [0.05, 0.1) is 18.5 Å². The molecule has 0 saturated carbocycles. The largest absolute Gasteiger partial charge is 0.383 e. The molecule has 0 aromatic carbocycles. The average Bonchev–Trinajstić information content (AvgIpc) is 2.86. The van der Waals surface area contributed by atoms with Gasteiger partial charge in [-0.15, -0.1) is 0 Å². The predicted octanol–water partition coefficient (Wildman–Crippen LogP) is 0.327. The second-order valence-electron chi connectivity index (χ2n) is 4.38. The highest BCUT2D eigenvalue weighted by Gasteiger charge is 2.17. The number of sulfonamides is 1. The first-order valence-corrected chi connectivity index (χ1v) is 7.64. The molecule has 0 saturated heterocycles. The van der Waals surface area contributed by atoms with E-state index in [1.54, 1.807) is 6.92 Å². The molecule has 0 aliphatic heterocycles. The summed E-state index contributed by atoms with van der Waals surface area (Å²) in [6, 6.07) is 2.71. The smallest absolute Gasteiger partial charge is 0.279 e. The molecule has 0 aliphatic carbocycles. The minimum Gasteiger partial charge on any atom is -0.383 e. The molecule has 0 radical (unpaired) electrons. The van der Waals surface area contributed by atoms with E-state index in [1.807, 2.05) is 0 Å². The molecule has 0 atom stereocenters. The molecule has 2 N–H and O–H groups in total. The lowest BCUT2D eigenvalue weighted by atomic mass is 10.4. The van der Waals surface area contributed by atoms with Gasteiger partial charge in [0.2, 0.25) is 0 Å². The fourth-order valence-electron chi connectivity index (χ4n) is 1.70. The van der Waals surface area contributed by atoms with Gasteiger partial charge in [0.1, 0.15) is 5.82 Å². The fourth-order valence-corrected chi connectivity index (χ4v) is 2.72. The highest BCUT2D eigenvalue weighted by atomic mass is 32.2. The van der Waals surface area contributed by atoms with Crippen molar-refractivity contribution in [1.29, 1.82) is 0 Å². The van der Waals surface area contributed by atoms with Gasteiger partial charge in [-0.1, -0.05) is 0 Å². The molecule has 2 heterocycles. The van der Waals surface area contributed by atoms with E-state index in [4.69, 9.17) is 4.74 Å². The van der Waals surface area contributed by atoms with Gasteiger partial charge in [0.25, 0.3) is 15.6 Å². The van der Waals surface area contributed by atoms with Gasteiger partial charge in [-0.25, -0.2) is 4.98 Å². The monoisotopic (exact) mass is 312 g/mol. The lowest BCUT2D eigenvalue weighted by Gasteiger charge is -2.09. The molecule has 0 aliphatic rings. The Hall–Kier alpha value is -2.13. The molecular weight excluding hydrogens is 296 g/mol. The van der Waals surface area contributed by atoms with Gasteiger partial charge in [0.15, 0.2) is 5.03 Å².